The third-order valence-corrected chi connectivity index (χ3v) is 2.89. The quantitative estimate of drug-likeness (QED) is 0.760. The third kappa shape index (κ3) is 3.25. The summed E-state index contributed by atoms with van der Waals surface area (Å²) in [4.78, 5) is 0. The standard InChI is InChI=1S/C15H22FNO2/c1-5-10-9-12(18-7-3)15(19-8-4)14(16)13(10)11(17)6-2/h9,17H,5-8H2,1-4H3. The van der Waals surface area contributed by atoms with E-state index in [2.05, 4.69) is 0 Å². The Morgan fingerprint density at radius 2 is 1.79 bits per heavy atom. The first kappa shape index (κ1) is 15.5. The molecule has 4 heteroatoms. The summed E-state index contributed by atoms with van der Waals surface area (Å²) in [6, 6.07) is 1.79. The molecule has 0 bridgehead atoms. The van der Waals surface area contributed by atoms with Crippen LogP contribution in [0.4, 0.5) is 4.39 Å². The number of nitrogens with one attached hydrogen (secondary N) is 1. The summed E-state index contributed by atoms with van der Waals surface area (Å²) in [5.41, 5.74) is 1.44. The first-order chi connectivity index (χ1) is 9.10. The van der Waals surface area contributed by atoms with E-state index in [4.69, 9.17) is 14.9 Å². The fraction of sp³-hybridized carbons (Fsp3) is 0.533. The van der Waals surface area contributed by atoms with E-state index in [0.717, 1.165) is 5.56 Å². The lowest BCUT2D eigenvalue weighted by Crippen LogP contribution is -2.10. The molecule has 0 aliphatic carbocycles. The predicted octanol–water partition coefficient (Wildman–Crippen LogP) is 3.96. The van der Waals surface area contributed by atoms with Gasteiger partial charge in [0.15, 0.2) is 17.3 Å². The minimum atomic E-state index is -0.475. The van der Waals surface area contributed by atoms with Gasteiger partial charge in [0.25, 0.3) is 0 Å². The van der Waals surface area contributed by atoms with Gasteiger partial charge in [-0.15, -0.1) is 0 Å². The van der Waals surface area contributed by atoms with Crippen molar-refractivity contribution >= 4 is 5.71 Å². The fourth-order valence-electron chi connectivity index (χ4n) is 1.98. The van der Waals surface area contributed by atoms with Crippen molar-refractivity contribution in [2.75, 3.05) is 13.2 Å². The monoisotopic (exact) mass is 267 g/mol. The summed E-state index contributed by atoms with van der Waals surface area (Å²) in [5.74, 6) is 0.0672. The van der Waals surface area contributed by atoms with Crippen LogP contribution in [-0.2, 0) is 6.42 Å². The van der Waals surface area contributed by atoms with Crippen LogP contribution in [0.1, 0.15) is 45.2 Å². The Bertz CT molecular complexity index is 458. The zero-order valence-corrected chi connectivity index (χ0v) is 12.1. The van der Waals surface area contributed by atoms with Gasteiger partial charge in [0.05, 0.1) is 13.2 Å². The molecular weight excluding hydrogens is 245 g/mol. The molecule has 0 aromatic heterocycles. The molecule has 0 saturated carbocycles. The van der Waals surface area contributed by atoms with E-state index in [-0.39, 0.29) is 5.75 Å². The summed E-state index contributed by atoms with van der Waals surface area (Å²) < 4.78 is 25.4. The van der Waals surface area contributed by atoms with E-state index in [1.54, 1.807) is 13.0 Å². The van der Waals surface area contributed by atoms with Gasteiger partial charge in [-0.25, -0.2) is 4.39 Å². The summed E-state index contributed by atoms with van der Waals surface area (Å²) in [6.45, 7) is 8.25. The second-order valence-electron chi connectivity index (χ2n) is 4.10. The van der Waals surface area contributed by atoms with Gasteiger partial charge < -0.3 is 14.9 Å². The Labute approximate surface area is 114 Å². The van der Waals surface area contributed by atoms with Crippen molar-refractivity contribution in [2.24, 2.45) is 0 Å². The lowest BCUT2D eigenvalue weighted by Gasteiger charge is -2.17. The minimum absolute atomic E-state index is 0.120. The lowest BCUT2D eigenvalue weighted by molar-refractivity contribution is 0.275. The number of ether oxygens (including phenoxy) is 2. The molecular formula is C15H22FNO2. The molecule has 1 rings (SSSR count). The second-order valence-corrected chi connectivity index (χ2v) is 4.10. The first-order valence-corrected chi connectivity index (χ1v) is 6.79. The van der Waals surface area contributed by atoms with E-state index in [0.29, 0.717) is 43.1 Å². The van der Waals surface area contributed by atoms with Crippen molar-refractivity contribution in [3.8, 4) is 11.5 Å². The average molecular weight is 267 g/mol. The van der Waals surface area contributed by atoms with E-state index in [9.17, 15) is 4.39 Å². The Morgan fingerprint density at radius 3 is 2.26 bits per heavy atom. The van der Waals surface area contributed by atoms with Crippen LogP contribution in [0.15, 0.2) is 6.07 Å². The minimum Gasteiger partial charge on any atom is -0.490 e. The smallest absolute Gasteiger partial charge is 0.197 e. The second kappa shape index (κ2) is 7.12. The molecule has 0 saturated heterocycles. The van der Waals surface area contributed by atoms with Crippen LogP contribution in [-0.4, -0.2) is 18.9 Å². The van der Waals surface area contributed by atoms with Crippen LogP contribution >= 0.6 is 0 Å². The molecule has 1 aromatic rings. The molecule has 0 radical (unpaired) electrons. The van der Waals surface area contributed by atoms with E-state index in [1.165, 1.54) is 0 Å². The fourth-order valence-corrected chi connectivity index (χ4v) is 1.98. The van der Waals surface area contributed by atoms with Gasteiger partial charge in [-0.3, -0.25) is 0 Å². The zero-order chi connectivity index (χ0) is 14.4. The number of aryl methyl sites for hydroxylation is 1. The van der Waals surface area contributed by atoms with Crippen molar-refractivity contribution < 1.29 is 13.9 Å². The summed E-state index contributed by atoms with van der Waals surface area (Å²) >= 11 is 0. The maximum atomic E-state index is 14.6. The molecule has 1 N–H and O–H groups in total. The van der Waals surface area contributed by atoms with Gasteiger partial charge in [-0.2, -0.15) is 0 Å². The average Bonchev–Trinajstić information content (AvgIpc) is 2.41. The van der Waals surface area contributed by atoms with Crippen LogP contribution in [0, 0.1) is 11.2 Å². The van der Waals surface area contributed by atoms with Gasteiger partial charge in [-0.1, -0.05) is 13.8 Å². The molecule has 0 heterocycles. The Hall–Kier alpha value is -1.58. The lowest BCUT2D eigenvalue weighted by atomic mass is 9.97. The number of hydrogen-bond acceptors (Lipinski definition) is 3. The molecule has 106 valence electrons. The molecule has 0 atom stereocenters. The maximum absolute atomic E-state index is 14.6. The van der Waals surface area contributed by atoms with Crippen molar-refractivity contribution in [3.63, 3.8) is 0 Å². The molecule has 0 fully saturated rings. The van der Waals surface area contributed by atoms with Gasteiger partial charge in [0.1, 0.15) is 0 Å². The number of benzene rings is 1. The maximum Gasteiger partial charge on any atom is 0.197 e. The topological polar surface area (TPSA) is 42.3 Å². The molecule has 1 aromatic carbocycles. The van der Waals surface area contributed by atoms with Crippen molar-refractivity contribution in [3.05, 3.63) is 23.0 Å². The van der Waals surface area contributed by atoms with Crippen molar-refractivity contribution in [1.82, 2.24) is 0 Å². The highest BCUT2D eigenvalue weighted by Gasteiger charge is 2.21. The highest BCUT2D eigenvalue weighted by atomic mass is 19.1. The van der Waals surface area contributed by atoms with Crippen LogP contribution in [0.5, 0.6) is 11.5 Å². The highest BCUT2D eigenvalue weighted by molar-refractivity contribution is 6.00. The van der Waals surface area contributed by atoms with Gasteiger partial charge in [-0.05, 0) is 38.3 Å². The molecule has 0 aliphatic heterocycles. The van der Waals surface area contributed by atoms with Crippen LogP contribution < -0.4 is 9.47 Å². The van der Waals surface area contributed by atoms with E-state index in [1.807, 2.05) is 20.8 Å². The van der Waals surface area contributed by atoms with E-state index < -0.39 is 5.82 Å². The normalized spacial score (nSPS) is 10.4. The van der Waals surface area contributed by atoms with Crippen molar-refractivity contribution in [2.45, 2.75) is 40.5 Å². The van der Waals surface area contributed by atoms with Crippen LogP contribution in [0.2, 0.25) is 0 Å². The zero-order valence-electron chi connectivity index (χ0n) is 12.1. The third-order valence-electron chi connectivity index (χ3n) is 2.89. The SMILES string of the molecule is CCOc1cc(CC)c(C(=N)CC)c(F)c1OCC. The molecule has 0 spiro atoms. The molecule has 0 amide bonds. The summed E-state index contributed by atoms with van der Waals surface area (Å²) in [6.07, 6.45) is 1.14. The highest BCUT2D eigenvalue weighted by Crippen LogP contribution is 2.36. The molecule has 0 aliphatic rings. The number of rotatable bonds is 7. The van der Waals surface area contributed by atoms with Crippen molar-refractivity contribution in [1.29, 1.82) is 5.41 Å². The van der Waals surface area contributed by atoms with Gasteiger partial charge in [0, 0.05) is 11.3 Å². The first-order valence-electron chi connectivity index (χ1n) is 6.79. The predicted molar refractivity (Wildman–Crippen MR) is 75.2 cm³/mol. The van der Waals surface area contributed by atoms with Gasteiger partial charge >= 0.3 is 0 Å². The molecule has 19 heavy (non-hydrogen) atoms. The van der Waals surface area contributed by atoms with Crippen LogP contribution in [0.3, 0.4) is 0 Å². The largest absolute Gasteiger partial charge is 0.490 e. The van der Waals surface area contributed by atoms with Gasteiger partial charge in [0.2, 0.25) is 0 Å². The molecule has 0 unspecified atom stereocenters. The Morgan fingerprint density at radius 1 is 1.16 bits per heavy atom. The van der Waals surface area contributed by atoms with E-state index >= 15 is 0 Å². The van der Waals surface area contributed by atoms with Crippen LogP contribution in [0.25, 0.3) is 0 Å². The Kier molecular flexibility index (Phi) is 5.80. The summed E-state index contributed by atoms with van der Waals surface area (Å²) in [7, 11) is 0. The number of halogens is 1. The number of hydrogen-bond donors (Lipinski definition) is 1. The Balaban J connectivity index is 3.46. The molecule has 3 nitrogen and oxygen atoms in total. The summed E-state index contributed by atoms with van der Waals surface area (Å²) in [5, 5.41) is 7.93.